The monoisotopic (exact) mass is 335 g/mol. The van der Waals surface area contributed by atoms with E-state index < -0.39 is 0 Å². The second-order valence-corrected chi connectivity index (χ2v) is 5.93. The number of nitrogens with two attached hydrogens (primary N) is 1. The molecule has 2 N–H and O–H groups in total. The zero-order chi connectivity index (χ0) is 16.5. The summed E-state index contributed by atoms with van der Waals surface area (Å²) < 4.78 is 6.32. The third kappa shape index (κ3) is 2.44. The van der Waals surface area contributed by atoms with Gasteiger partial charge < -0.3 is 10.5 Å². The summed E-state index contributed by atoms with van der Waals surface area (Å²) >= 11 is 1.52. The van der Waals surface area contributed by atoms with Crippen molar-refractivity contribution in [1.29, 1.82) is 0 Å². The molecule has 4 rings (SSSR count). The van der Waals surface area contributed by atoms with Crippen molar-refractivity contribution in [3.63, 3.8) is 0 Å². The lowest BCUT2D eigenvalue weighted by molar-refractivity contribution is 0.404. The Labute approximate surface area is 142 Å². The third-order valence-corrected chi connectivity index (χ3v) is 4.48. The fourth-order valence-electron chi connectivity index (χ4n) is 2.42. The Morgan fingerprint density at radius 1 is 1.00 bits per heavy atom. The molecule has 118 valence electrons. The summed E-state index contributed by atoms with van der Waals surface area (Å²) in [5, 5.41) is 1.99. The van der Waals surface area contributed by atoms with Crippen LogP contribution in [0, 0.1) is 0 Å². The lowest BCUT2D eigenvalue weighted by atomic mass is 10.2. The van der Waals surface area contributed by atoms with Crippen LogP contribution >= 0.6 is 11.3 Å². The maximum Gasteiger partial charge on any atom is 0.235 e. The van der Waals surface area contributed by atoms with Crippen molar-refractivity contribution in [3.05, 3.63) is 48.0 Å². The van der Waals surface area contributed by atoms with Crippen LogP contribution in [0.4, 0.5) is 5.82 Å². The van der Waals surface area contributed by atoms with E-state index in [4.69, 9.17) is 15.5 Å². The number of ether oxygens (including phenoxy) is 1. The maximum atomic E-state index is 5.81. The van der Waals surface area contributed by atoms with Gasteiger partial charge in [-0.25, -0.2) is 9.97 Å². The molecule has 4 aromatic heterocycles. The highest BCUT2D eigenvalue weighted by Gasteiger charge is 2.17. The van der Waals surface area contributed by atoms with Crippen LogP contribution < -0.4 is 10.5 Å². The van der Waals surface area contributed by atoms with Gasteiger partial charge in [-0.1, -0.05) is 12.1 Å². The van der Waals surface area contributed by atoms with Crippen LogP contribution in [0.5, 0.6) is 5.88 Å². The Balaban J connectivity index is 1.97. The third-order valence-electron chi connectivity index (χ3n) is 3.52. The number of pyridine rings is 2. The lowest BCUT2D eigenvalue weighted by Gasteiger charge is -2.05. The molecular formula is C17H13N5OS. The number of rotatable bonds is 3. The first-order valence-electron chi connectivity index (χ1n) is 7.24. The predicted octanol–water partition coefficient (Wildman–Crippen LogP) is 3.41. The predicted molar refractivity (Wildman–Crippen MR) is 94.8 cm³/mol. The smallest absolute Gasteiger partial charge is 0.235 e. The molecule has 4 aromatic rings. The highest BCUT2D eigenvalue weighted by molar-refractivity contribution is 7.18. The molecule has 0 spiro atoms. The summed E-state index contributed by atoms with van der Waals surface area (Å²) in [4.78, 5) is 17.9. The number of methoxy groups -OCH3 is 1. The number of anilines is 1. The minimum absolute atomic E-state index is 0.470. The van der Waals surface area contributed by atoms with E-state index in [2.05, 4.69) is 15.0 Å². The normalized spacial score (nSPS) is 10.9. The van der Waals surface area contributed by atoms with Gasteiger partial charge in [-0.15, -0.1) is 11.3 Å². The molecular weight excluding hydrogens is 322 g/mol. The van der Waals surface area contributed by atoms with Crippen molar-refractivity contribution in [2.75, 3.05) is 12.8 Å². The fraction of sp³-hybridized carbons (Fsp3) is 0.0588. The average molecular weight is 335 g/mol. The molecule has 0 saturated carbocycles. The van der Waals surface area contributed by atoms with Gasteiger partial charge in [0.15, 0.2) is 5.82 Å². The SMILES string of the molecule is COc1nc(-c2ccccn2)nc2c(-c3cccc(N)n3)csc12. The summed E-state index contributed by atoms with van der Waals surface area (Å²) in [5.74, 6) is 1.52. The number of nitrogen functional groups attached to an aromatic ring is 1. The lowest BCUT2D eigenvalue weighted by Crippen LogP contribution is -1.96. The zero-order valence-electron chi connectivity index (χ0n) is 12.8. The molecule has 0 amide bonds. The van der Waals surface area contributed by atoms with Crippen molar-refractivity contribution in [2.45, 2.75) is 0 Å². The summed E-state index contributed by atoms with van der Waals surface area (Å²) in [6.07, 6.45) is 1.71. The molecule has 0 aliphatic carbocycles. The molecule has 0 atom stereocenters. The van der Waals surface area contributed by atoms with Gasteiger partial charge >= 0.3 is 0 Å². The highest BCUT2D eigenvalue weighted by atomic mass is 32.1. The molecule has 0 aliphatic heterocycles. The molecule has 0 saturated heterocycles. The minimum atomic E-state index is 0.470. The quantitative estimate of drug-likeness (QED) is 0.617. The first kappa shape index (κ1) is 14.5. The van der Waals surface area contributed by atoms with E-state index in [0.717, 1.165) is 21.5 Å². The van der Waals surface area contributed by atoms with E-state index in [0.29, 0.717) is 23.2 Å². The van der Waals surface area contributed by atoms with Gasteiger partial charge in [0.2, 0.25) is 5.88 Å². The minimum Gasteiger partial charge on any atom is -0.480 e. The van der Waals surface area contributed by atoms with Gasteiger partial charge in [-0.2, -0.15) is 4.98 Å². The molecule has 24 heavy (non-hydrogen) atoms. The van der Waals surface area contributed by atoms with Crippen LogP contribution in [0.2, 0.25) is 0 Å². The number of nitrogens with zero attached hydrogens (tertiary/aromatic N) is 4. The van der Waals surface area contributed by atoms with Crippen molar-refractivity contribution in [1.82, 2.24) is 19.9 Å². The summed E-state index contributed by atoms with van der Waals surface area (Å²) in [7, 11) is 1.60. The van der Waals surface area contributed by atoms with Crippen LogP contribution in [0.25, 0.3) is 33.0 Å². The molecule has 0 unspecified atom stereocenters. The van der Waals surface area contributed by atoms with Crippen molar-refractivity contribution in [3.8, 4) is 28.7 Å². The van der Waals surface area contributed by atoms with Gasteiger partial charge in [0.25, 0.3) is 0 Å². The molecule has 0 bridgehead atoms. The molecule has 0 fully saturated rings. The van der Waals surface area contributed by atoms with Gasteiger partial charge in [-0.05, 0) is 24.3 Å². The standard InChI is InChI=1S/C17H13N5OS/c1-23-17-15-14(21-16(22-17)12-5-2-3-8-19-12)10(9-24-15)11-6-4-7-13(18)20-11/h2-9H,1H3,(H2,18,20). The molecule has 7 heteroatoms. The van der Waals surface area contributed by atoms with E-state index in [1.807, 2.05) is 35.7 Å². The van der Waals surface area contributed by atoms with E-state index >= 15 is 0 Å². The highest BCUT2D eigenvalue weighted by Crippen LogP contribution is 2.37. The number of aromatic nitrogens is 4. The first-order valence-corrected chi connectivity index (χ1v) is 8.12. The van der Waals surface area contributed by atoms with Crippen LogP contribution in [0.1, 0.15) is 0 Å². The van der Waals surface area contributed by atoms with Crippen molar-refractivity contribution < 1.29 is 4.74 Å². The fourth-order valence-corrected chi connectivity index (χ4v) is 3.39. The average Bonchev–Trinajstić information content (AvgIpc) is 3.05. The number of fused-ring (bicyclic) bond motifs is 1. The summed E-state index contributed by atoms with van der Waals surface area (Å²) in [6.45, 7) is 0. The Hall–Kier alpha value is -3.06. The summed E-state index contributed by atoms with van der Waals surface area (Å²) in [5.41, 5.74) is 8.96. The Kier molecular flexibility index (Phi) is 3.55. The van der Waals surface area contributed by atoms with E-state index in [1.54, 1.807) is 19.4 Å². The van der Waals surface area contributed by atoms with Crippen LogP contribution in [0.15, 0.2) is 48.0 Å². The van der Waals surface area contributed by atoms with Gasteiger partial charge in [0.05, 0.1) is 18.3 Å². The molecule has 4 heterocycles. The van der Waals surface area contributed by atoms with E-state index in [1.165, 1.54) is 11.3 Å². The van der Waals surface area contributed by atoms with Crippen LogP contribution in [-0.4, -0.2) is 27.0 Å². The largest absolute Gasteiger partial charge is 0.480 e. The molecule has 0 radical (unpaired) electrons. The number of hydrogen-bond acceptors (Lipinski definition) is 7. The van der Waals surface area contributed by atoms with Gasteiger partial charge in [0.1, 0.15) is 16.2 Å². The Bertz CT molecular complexity index is 1020. The van der Waals surface area contributed by atoms with Crippen molar-refractivity contribution >= 4 is 27.4 Å². The van der Waals surface area contributed by atoms with E-state index in [9.17, 15) is 0 Å². The zero-order valence-corrected chi connectivity index (χ0v) is 13.6. The number of hydrogen-bond donors (Lipinski definition) is 1. The molecule has 0 aromatic carbocycles. The van der Waals surface area contributed by atoms with Crippen molar-refractivity contribution in [2.24, 2.45) is 0 Å². The van der Waals surface area contributed by atoms with E-state index in [-0.39, 0.29) is 0 Å². The Morgan fingerprint density at radius 2 is 1.88 bits per heavy atom. The van der Waals surface area contributed by atoms with Crippen LogP contribution in [0.3, 0.4) is 0 Å². The maximum absolute atomic E-state index is 5.81. The second kappa shape index (κ2) is 5.86. The Morgan fingerprint density at radius 3 is 2.62 bits per heavy atom. The number of thiophene rings is 1. The topological polar surface area (TPSA) is 86.8 Å². The van der Waals surface area contributed by atoms with Gasteiger partial charge in [-0.3, -0.25) is 4.98 Å². The first-order chi connectivity index (χ1) is 11.8. The summed E-state index contributed by atoms with van der Waals surface area (Å²) in [6, 6.07) is 11.2. The second-order valence-electron chi connectivity index (χ2n) is 5.05. The molecule has 6 nitrogen and oxygen atoms in total. The molecule has 0 aliphatic rings. The van der Waals surface area contributed by atoms with Gasteiger partial charge in [0, 0.05) is 17.1 Å². The van der Waals surface area contributed by atoms with Crippen LogP contribution in [-0.2, 0) is 0 Å².